The van der Waals surface area contributed by atoms with Crippen LogP contribution in [0.1, 0.15) is 26.2 Å². The molecule has 17 heavy (non-hydrogen) atoms. The van der Waals surface area contributed by atoms with Gasteiger partial charge in [0.2, 0.25) is 0 Å². The molecule has 0 amide bonds. The molecule has 5 nitrogen and oxygen atoms in total. The van der Waals surface area contributed by atoms with E-state index >= 15 is 0 Å². The van der Waals surface area contributed by atoms with E-state index in [9.17, 15) is 9.59 Å². The van der Waals surface area contributed by atoms with E-state index in [1.165, 1.54) is 7.11 Å². The Morgan fingerprint density at radius 2 is 2.18 bits per heavy atom. The molecule has 1 unspecified atom stereocenters. The van der Waals surface area contributed by atoms with Crippen molar-refractivity contribution in [1.82, 2.24) is 4.90 Å². The lowest BCUT2D eigenvalue weighted by atomic mass is 10.1. The molecule has 0 aliphatic carbocycles. The average molecular weight is 243 g/mol. The second kappa shape index (κ2) is 7.27. The Hall–Kier alpha value is -1.10. The van der Waals surface area contributed by atoms with Gasteiger partial charge in [-0.1, -0.05) is 13.3 Å². The normalized spacial score (nSPS) is 20.2. The van der Waals surface area contributed by atoms with E-state index < -0.39 is 0 Å². The molecule has 1 aliphatic heterocycles. The zero-order valence-corrected chi connectivity index (χ0v) is 10.6. The van der Waals surface area contributed by atoms with Crippen molar-refractivity contribution in [3.63, 3.8) is 0 Å². The maximum atomic E-state index is 11.4. The predicted molar refractivity (Wildman–Crippen MR) is 62.4 cm³/mol. The van der Waals surface area contributed by atoms with Crippen LogP contribution in [-0.4, -0.2) is 50.2 Å². The van der Waals surface area contributed by atoms with Crippen molar-refractivity contribution in [2.75, 3.05) is 33.4 Å². The van der Waals surface area contributed by atoms with Gasteiger partial charge in [-0.3, -0.25) is 14.5 Å². The fourth-order valence-corrected chi connectivity index (χ4v) is 1.89. The first kappa shape index (κ1) is 14.0. The lowest BCUT2D eigenvalue weighted by molar-refractivity contribution is -0.147. The average Bonchev–Trinajstić information content (AvgIpc) is 2.77. The van der Waals surface area contributed by atoms with Crippen molar-refractivity contribution in [3.8, 4) is 0 Å². The van der Waals surface area contributed by atoms with Crippen LogP contribution < -0.4 is 0 Å². The molecule has 1 fully saturated rings. The molecule has 5 heteroatoms. The van der Waals surface area contributed by atoms with E-state index in [-0.39, 0.29) is 24.4 Å². The highest BCUT2D eigenvalue weighted by atomic mass is 16.5. The highest BCUT2D eigenvalue weighted by Crippen LogP contribution is 2.17. The first-order valence-corrected chi connectivity index (χ1v) is 6.13. The molecule has 0 aromatic rings. The summed E-state index contributed by atoms with van der Waals surface area (Å²) in [6.45, 7) is 4.16. The Balaban J connectivity index is 2.21. The van der Waals surface area contributed by atoms with Crippen molar-refractivity contribution in [1.29, 1.82) is 0 Å². The number of likely N-dealkylation sites (tertiary alicyclic amines) is 1. The molecule has 1 heterocycles. The van der Waals surface area contributed by atoms with Crippen LogP contribution in [-0.2, 0) is 19.1 Å². The minimum absolute atomic E-state index is 0.0940. The molecule has 1 atom stereocenters. The topological polar surface area (TPSA) is 55.8 Å². The lowest BCUT2D eigenvalue weighted by Gasteiger charge is -2.14. The van der Waals surface area contributed by atoms with Crippen LogP contribution in [0.4, 0.5) is 0 Å². The highest BCUT2D eigenvalue weighted by molar-refractivity contribution is 5.74. The van der Waals surface area contributed by atoms with E-state index in [1.807, 2.05) is 4.90 Å². The van der Waals surface area contributed by atoms with E-state index in [4.69, 9.17) is 4.74 Å². The number of hydrogen-bond acceptors (Lipinski definition) is 5. The second-order valence-corrected chi connectivity index (χ2v) is 4.32. The van der Waals surface area contributed by atoms with Gasteiger partial charge in [-0.05, 0) is 19.4 Å². The van der Waals surface area contributed by atoms with E-state index in [0.29, 0.717) is 13.2 Å². The van der Waals surface area contributed by atoms with Crippen LogP contribution >= 0.6 is 0 Å². The number of ether oxygens (including phenoxy) is 2. The molecule has 0 saturated carbocycles. The summed E-state index contributed by atoms with van der Waals surface area (Å²) in [6.07, 6.45) is 2.67. The third-order valence-corrected chi connectivity index (χ3v) is 2.92. The number of unbranched alkanes of at least 4 members (excludes halogenated alkanes) is 1. The van der Waals surface area contributed by atoms with Crippen LogP contribution in [0.15, 0.2) is 0 Å². The number of hydrogen-bond donors (Lipinski definition) is 0. The van der Waals surface area contributed by atoms with Gasteiger partial charge in [0.25, 0.3) is 0 Å². The molecular weight excluding hydrogens is 222 g/mol. The largest absolute Gasteiger partial charge is 0.469 e. The summed E-state index contributed by atoms with van der Waals surface area (Å²) in [7, 11) is 1.39. The summed E-state index contributed by atoms with van der Waals surface area (Å²) in [4.78, 5) is 24.7. The second-order valence-electron chi connectivity index (χ2n) is 4.32. The van der Waals surface area contributed by atoms with E-state index in [0.717, 1.165) is 25.8 Å². The Bertz CT molecular complexity index is 267. The number of rotatable bonds is 6. The summed E-state index contributed by atoms with van der Waals surface area (Å²) >= 11 is 0. The monoisotopic (exact) mass is 243 g/mol. The number of carbonyl (C=O) groups excluding carboxylic acids is 2. The Morgan fingerprint density at radius 1 is 1.41 bits per heavy atom. The van der Waals surface area contributed by atoms with E-state index in [2.05, 4.69) is 11.7 Å². The van der Waals surface area contributed by atoms with Crippen LogP contribution in [0.25, 0.3) is 0 Å². The summed E-state index contributed by atoms with van der Waals surface area (Å²) < 4.78 is 9.75. The van der Waals surface area contributed by atoms with Gasteiger partial charge in [0.05, 0.1) is 26.2 Å². The highest BCUT2D eigenvalue weighted by Gasteiger charge is 2.30. The smallest absolute Gasteiger partial charge is 0.320 e. The van der Waals surface area contributed by atoms with Gasteiger partial charge >= 0.3 is 11.9 Å². The molecule has 1 aliphatic rings. The molecule has 0 bridgehead atoms. The molecule has 0 aromatic carbocycles. The van der Waals surface area contributed by atoms with Crippen molar-refractivity contribution in [3.05, 3.63) is 0 Å². The quantitative estimate of drug-likeness (QED) is 0.511. The first-order valence-electron chi connectivity index (χ1n) is 6.13. The summed E-state index contributed by atoms with van der Waals surface area (Å²) in [5.41, 5.74) is 0. The van der Waals surface area contributed by atoms with Crippen LogP contribution in [0.3, 0.4) is 0 Å². The summed E-state index contributed by atoms with van der Waals surface area (Å²) in [5, 5.41) is 0. The minimum Gasteiger partial charge on any atom is -0.469 e. The molecule has 0 spiro atoms. The fourth-order valence-electron chi connectivity index (χ4n) is 1.89. The fraction of sp³-hybridized carbons (Fsp3) is 0.833. The van der Waals surface area contributed by atoms with Gasteiger partial charge < -0.3 is 9.47 Å². The minimum atomic E-state index is -0.205. The van der Waals surface area contributed by atoms with Gasteiger partial charge in [0, 0.05) is 6.54 Å². The van der Waals surface area contributed by atoms with Crippen LogP contribution in [0, 0.1) is 5.92 Å². The van der Waals surface area contributed by atoms with Gasteiger partial charge in [-0.15, -0.1) is 0 Å². The molecule has 0 radical (unpaired) electrons. The molecule has 1 saturated heterocycles. The standard InChI is InChI=1S/C12H21NO4/c1-3-4-7-17-11(14)9-13-6-5-10(8-13)12(15)16-2/h10H,3-9H2,1-2H3. The Labute approximate surface area is 102 Å². The zero-order chi connectivity index (χ0) is 12.7. The van der Waals surface area contributed by atoms with Crippen molar-refractivity contribution >= 4 is 11.9 Å². The predicted octanol–water partition coefficient (Wildman–Crippen LogP) is 0.825. The van der Waals surface area contributed by atoms with Gasteiger partial charge in [-0.2, -0.15) is 0 Å². The third kappa shape index (κ3) is 4.73. The number of methoxy groups -OCH3 is 1. The SMILES string of the molecule is CCCCOC(=O)CN1CCC(C(=O)OC)C1. The van der Waals surface area contributed by atoms with Gasteiger partial charge in [0.15, 0.2) is 0 Å². The Kier molecular flexibility index (Phi) is 5.97. The summed E-state index contributed by atoms with van der Waals surface area (Å²) in [6, 6.07) is 0. The van der Waals surface area contributed by atoms with Crippen molar-refractivity contribution in [2.24, 2.45) is 5.92 Å². The number of nitrogens with zero attached hydrogens (tertiary/aromatic N) is 1. The summed E-state index contributed by atoms with van der Waals surface area (Å²) in [5.74, 6) is -0.487. The molecular formula is C12H21NO4. The molecule has 0 N–H and O–H groups in total. The van der Waals surface area contributed by atoms with Crippen molar-refractivity contribution < 1.29 is 19.1 Å². The third-order valence-electron chi connectivity index (χ3n) is 2.92. The Morgan fingerprint density at radius 3 is 2.82 bits per heavy atom. The maximum absolute atomic E-state index is 11.4. The zero-order valence-electron chi connectivity index (χ0n) is 10.6. The van der Waals surface area contributed by atoms with Crippen LogP contribution in [0.2, 0.25) is 0 Å². The molecule has 98 valence electrons. The molecule has 0 aromatic heterocycles. The van der Waals surface area contributed by atoms with Crippen LogP contribution in [0.5, 0.6) is 0 Å². The number of esters is 2. The maximum Gasteiger partial charge on any atom is 0.320 e. The lowest BCUT2D eigenvalue weighted by Crippen LogP contribution is -2.30. The van der Waals surface area contributed by atoms with Crippen molar-refractivity contribution in [2.45, 2.75) is 26.2 Å². The van der Waals surface area contributed by atoms with E-state index in [1.54, 1.807) is 0 Å². The first-order chi connectivity index (χ1) is 8.17. The molecule has 1 rings (SSSR count). The van der Waals surface area contributed by atoms with Gasteiger partial charge in [-0.25, -0.2) is 0 Å². The van der Waals surface area contributed by atoms with Gasteiger partial charge in [0.1, 0.15) is 0 Å². The number of carbonyl (C=O) groups is 2.